The van der Waals surface area contributed by atoms with Crippen LogP contribution < -0.4 is 20.9 Å². The Kier molecular flexibility index (Phi) is 8.52. The maximum Gasteiger partial charge on any atom is 0.264 e. The van der Waals surface area contributed by atoms with E-state index in [-0.39, 0.29) is 29.1 Å². The van der Waals surface area contributed by atoms with Gasteiger partial charge in [-0.05, 0) is 56.4 Å². The normalized spacial score (nSPS) is 13.3. The molecule has 152 valence electrons. The number of nitrogens with one attached hydrogen (secondary N) is 1. The van der Waals surface area contributed by atoms with Crippen LogP contribution in [0.25, 0.3) is 0 Å². The Bertz CT molecular complexity index is 825. The first-order valence-corrected chi connectivity index (χ1v) is 10.4. The molecule has 1 rings (SSSR count). The smallest absolute Gasteiger partial charge is 0.264 e. The fraction of sp³-hybridized carbons (Fsp3) is 0.529. The number of aliphatic imine (C=N–C) groups is 1. The molecule has 0 radical (unpaired) electrons. The second-order valence-electron chi connectivity index (χ2n) is 6.20. The number of hydrogen-bond acceptors (Lipinski definition) is 6. The number of nitrogens with zero attached hydrogens (tertiary/aromatic N) is 1. The fourth-order valence-corrected chi connectivity index (χ4v) is 4.32. The lowest BCUT2D eigenvalue weighted by Crippen LogP contribution is -2.37. The summed E-state index contributed by atoms with van der Waals surface area (Å²) in [5, 5.41) is 0. The van der Waals surface area contributed by atoms with Crippen molar-refractivity contribution < 1.29 is 17.9 Å². The van der Waals surface area contributed by atoms with Crippen molar-refractivity contribution in [2.24, 2.45) is 16.5 Å². The molecule has 0 saturated carbocycles. The molecule has 0 aliphatic rings. The standard InChI is InChI=1S/C17H27ClN4O4S/c1-10-8-15(26-4)11(2)12(3)16(10)27(24,25)22-17(20)21-7-5-6-13(19)14(23)9-18/h8,13H,5-7,9,19H2,1-4H3,(H3,20,21,22). The maximum absolute atomic E-state index is 12.7. The van der Waals surface area contributed by atoms with Gasteiger partial charge in [0.1, 0.15) is 5.75 Å². The monoisotopic (exact) mass is 418 g/mol. The van der Waals surface area contributed by atoms with E-state index >= 15 is 0 Å². The minimum Gasteiger partial charge on any atom is -0.496 e. The number of halogens is 1. The van der Waals surface area contributed by atoms with Crippen LogP contribution in [0.5, 0.6) is 5.75 Å². The molecule has 0 bridgehead atoms. The van der Waals surface area contributed by atoms with Crippen molar-refractivity contribution in [3.8, 4) is 5.75 Å². The number of carbonyl (C=O) groups is 1. The minimum absolute atomic E-state index is 0.133. The van der Waals surface area contributed by atoms with Crippen LogP contribution in [0.4, 0.5) is 0 Å². The molecule has 0 aliphatic carbocycles. The van der Waals surface area contributed by atoms with Crippen molar-refractivity contribution >= 4 is 33.4 Å². The topological polar surface area (TPSA) is 137 Å². The van der Waals surface area contributed by atoms with Gasteiger partial charge in [-0.3, -0.25) is 9.79 Å². The van der Waals surface area contributed by atoms with E-state index in [0.29, 0.717) is 29.7 Å². The molecule has 0 aliphatic heterocycles. The summed E-state index contributed by atoms with van der Waals surface area (Å²) < 4.78 is 33.0. The third kappa shape index (κ3) is 6.08. The van der Waals surface area contributed by atoms with Crippen LogP contribution in [0.3, 0.4) is 0 Å². The molecule has 1 atom stereocenters. The lowest BCUT2D eigenvalue weighted by molar-refractivity contribution is -0.118. The largest absolute Gasteiger partial charge is 0.496 e. The van der Waals surface area contributed by atoms with Crippen molar-refractivity contribution in [2.75, 3.05) is 19.5 Å². The predicted octanol–water partition coefficient (Wildman–Crippen LogP) is 1.13. The Morgan fingerprint density at radius 2 is 1.96 bits per heavy atom. The summed E-state index contributed by atoms with van der Waals surface area (Å²) in [6.45, 7) is 5.42. The molecule has 8 nitrogen and oxygen atoms in total. The third-order valence-electron chi connectivity index (χ3n) is 4.21. The Morgan fingerprint density at radius 1 is 1.33 bits per heavy atom. The summed E-state index contributed by atoms with van der Waals surface area (Å²) in [6, 6.07) is 1.02. The molecule has 1 aromatic rings. The summed E-state index contributed by atoms with van der Waals surface area (Å²) in [5.74, 6) is 0.0230. The highest BCUT2D eigenvalue weighted by molar-refractivity contribution is 7.90. The summed E-state index contributed by atoms with van der Waals surface area (Å²) in [6.07, 6.45) is 0.872. The highest BCUT2D eigenvalue weighted by Crippen LogP contribution is 2.30. The molecule has 10 heteroatoms. The summed E-state index contributed by atoms with van der Waals surface area (Å²) >= 11 is 5.43. The van der Waals surface area contributed by atoms with Gasteiger partial charge in [0.15, 0.2) is 5.78 Å². The Labute approximate surface area is 165 Å². The quantitative estimate of drug-likeness (QED) is 0.238. The molecule has 0 saturated heterocycles. The van der Waals surface area contributed by atoms with Crippen LogP contribution in [-0.2, 0) is 14.8 Å². The van der Waals surface area contributed by atoms with Crippen molar-refractivity contribution in [1.29, 1.82) is 0 Å². The average molecular weight is 419 g/mol. The molecule has 0 spiro atoms. The number of hydrogen-bond donors (Lipinski definition) is 3. The molecule has 0 amide bonds. The first-order valence-electron chi connectivity index (χ1n) is 8.37. The summed E-state index contributed by atoms with van der Waals surface area (Å²) in [7, 11) is -2.36. The van der Waals surface area contributed by atoms with E-state index in [4.69, 9.17) is 27.8 Å². The number of carbonyl (C=O) groups excluding carboxylic acids is 1. The minimum atomic E-state index is -3.90. The van der Waals surface area contributed by atoms with Gasteiger partial charge in [0.25, 0.3) is 10.0 Å². The second-order valence-corrected chi connectivity index (χ2v) is 8.08. The van der Waals surface area contributed by atoms with Crippen LogP contribution >= 0.6 is 11.6 Å². The second kappa shape index (κ2) is 9.91. The number of benzene rings is 1. The molecule has 1 unspecified atom stereocenters. The van der Waals surface area contributed by atoms with E-state index < -0.39 is 16.1 Å². The van der Waals surface area contributed by atoms with Gasteiger partial charge in [0.05, 0.1) is 23.9 Å². The predicted molar refractivity (Wildman–Crippen MR) is 107 cm³/mol. The van der Waals surface area contributed by atoms with Gasteiger partial charge >= 0.3 is 0 Å². The van der Waals surface area contributed by atoms with Gasteiger partial charge in [0.2, 0.25) is 5.96 Å². The zero-order valence-corrected chi connectivity index (χ0v) is 17.6. The first kappa shape index (κ1) is 23.2. The Hall–Kier alpha value is -1.84. The van der Waals surface area contributed by atoms with E-state index in [1.165, 1.54) is 7.11 Å². The zero-order chi connectivity index (χ0) is 20.8. The van der Waals surface area contributed by atoms with E-state index in [9.17, 15) is 13.2 Å². The van der Waals surface area contributed by atoms with Crippen molar-refractivity contribution in [1.82, 2.24) is 4.72 Å². The average Bonchev–Trinajstić information content (AvgIpc) is 2.60. The molecule has 1 aromatic carbocycles. The van der Waals surface area contributed by atoms with E-state index in [1.807, 2.05) is 0 Å². The molecule has 5 N–H and O–H groups in total. The summed E-state index contributed by atoms with van der Waals surface area (Å²) in [5.41, 5.74) is 13.2. The maximum atomic E-state index is 12.7. The molecular weight excluding hydrogens is 392 g/mol. The van der Waals surface area contributed by atoms with E-state index in [2.05, 4.69) is 9.71 Å². The van der Waals surface area contributed by atoms with Crippen LogP contribution in [-0.4, -0.2) is 45.7 Å². The first-order chi connectivity index (χ1) is 12.5. The SMILES string of the molecule is COc1cc(C)c(S(=O)(=O)NC(N)=NCCCC(N)C(=O)CCl)c(C)c1C. The number of ether oxygens (including phenoxy) is 1. The van der Waals surface area contributed by atoms with Gasteiger partial charge < -0.3 is 16.2 Å². The summed E-state index contributed by atoms with van der Waals surface area (Å²) in [4.78, 5) is 15.4. The molecule has 0 heterocycles. The van der Waals surface area contributed by atoms with Crippen LogP contribution in [0.15, 0.2) is 16.0 Å². The number of ketones is 1. The zero-order valence-electron chi connectivity index (χ0n) is 16.0. The number of Topliss-reactive ketones (excluding diaryl/α,β-unsaturated/α-hetero) is 1. The Morgan fingerprint density at radius 3 is 2.52 bits per heavy atom. The number of methoxy groups -OCH3 is 1. The van der Waals surface area contributed by atoms with E-state index in [1.54, 1.807) is 26.8 Å². The molecular formula is C17H27ClN4O4S. The fourth-order valence-electron chi connectivity index (χ4n) is 2.64. The van der Waals surface area contributed by atoms with Crippen molar-refractivity contribution in [3.63, 3.8) is 0 Å². The van der Waals surface area contributed by atoms with Crippen molar-refractivity contribution in [3.05, 3.63) is 22.8 Å². The molecule has 27 heavy (non-hydrogen) atoms. The third-order valence-corrected chi connectivity index (χ3v) is 6.11. The number of nitrogens with two attached hydrogens (primary N) is 2. The van der Waals surface area contributed by atoms with Gasteiger partial charge in [-0.2, -0.15) is 0 Å². The highest BCUT2D eigenvalue weighted by Gasteiger charge is 2.23. The van der Waals surface area contributed by atoms with Gasteiger partial charge in [-0.1, -0.05) is 0 Å². The van der Waals surface area contributed by atoms with Gasteiger partial charge in [-0.15, -0.1) is 11.6 Å². The molecule has 0 fully saturated rings. The number of sulfonamides is 1. The van der Waals surface area contributed by atoms with Crippen LogP contribution in [0.2, 0.25) is 0 Å². The number of rotatable bonds is 9. The van der Waals surface area contributed by atoms with Crippen molar-refractivity contribution in [2.45, 2.75) is 44.6 Å². The number of alkyl halides is 1. The van der Waals surface area contributed by atoms with E-state index in [0.717, 1.165) is 5.56 Å². The highest BCUT2D eigenvalue weighted by atomic mass is 35.5. The lowest BCUT2D eigenvalue weighted by Gasteiger charge is -2.16. The Balaban J connectivity index is 2.86. The van der Waals surface area contributed by atoms with Crippen LogP contribution in [0.1, 0.15) is 29.5 Å². The van der Waals surface area contributed by atoms with Gasteiger partial charge in [-0.25, -0.2) is 13.1 Å². The molecule has 0 aromatic heterocycles. The number of guanidine groups is 1. The van der Waals surface area contributed by atoms with Gasteiger partial charge in [0, 0.05) is 6.54 Å². The number of aryl methyl sites for hydroxylation is 1. The lowest BCUT2D eigenvalue weighted by atomic mass is 10.1. The van der Waals surface area contributed by atoms with Crippen LogP contribution in [0, 0.1) is 20.8 Å².